The average molecular weight is 631 g/mol. The van der Waals surface area contributed by atoms with E-state index in [0.717, 1.165) is 31.4 Å². The van der Waals surface area contributed by atoms with Gasteiger partial charge < -0.3 is 10.6 Å². The van der Waals surface area contributed by atoms with Gasteiger partial charge in [0.05, 0.1) is 5.54 Å². The van der Waals surface area contributed by atoms with Crippen molar-refractivity contribution in [3.63, 3.8) is 0 Å². The minimum absolute atomic E-state index is 0.403. The average Bonchev–Trinajstić information content (AvgIpc) is 3.13. The third-order valence-corrected chi connectivity index (χ3v) is 10.00. The first-order valence-corrected chi connectivity index (χ1v) is 17.9. The summed E-state index contributed by atoms with van der Waals surface area (Å²) in [6.07, 6.45) is 13.6. The van der Waals surface area contributed by atoms with E-state index in [-0.39, 0.29) is 0 Å². The number of rotatable bonds is 12. The fourth-order valence-electron chi connectivity index (χ4n) is 7.09. The van der Waals surface area contributed by atoms with Gasteiger partial charge in [0.1, 0.15) is 0 Å². The number of unbranched alkanes of at least 4 members (excludes halogenated alkanes) is 1. The van der Waals surface area contributed by atoms with Crippen LogP contribution in [-0.2, 0) is 24.8 Å². The SMILES string of the molecule is CCCCc1ccc(-c2ccccc2C2(Nc3c(C)cccc3CC)C=CC(c3ccc(Nc4c(C)cccc4CC)cc3)=CC2)cc1. The summed E-state index contributed by atoms with van der Waals surface area (Å²) < 4.78 is 0. The quantitative estimate of drug-likeness (QED) is 0.143. The first-order chi connectivity index (χ1) is 23.4. The molecule has 2 heteroatoms. The van der Waals surface area contributed by atoms with Crippen LogP contribution in [0.1, 0.15) is 79.0 Å². The Morgan fingerprint density at radius 3 is 1.94 bits per heavy atom. The normalized spacial score (nSPS) is 15.6. The molecule has 2 N–H and O–H groups in total. The van der Waals surface area contributed by atoms with Gasteiger partial charge in [0.25, 0.3) is 0 Å². The van der Waals surface area contributed by atoms with Gasteiger partial charge >= 0.3 is 0 Å². The van der Waals surface area contributed by atoms with Crippen molar-refractivity contribution in [2.45, 2.75) is 78.7 Å². The molecule has 1 aliphatic carbocycles. The number of aryl methyl sites for hydroxylation is 5. The molecule has 244 valence electrons. The van der Waals surface area contributed by atoms with Crippen LogP contribution in [0.3, 0.4) is 0 Å². The summed E-state index contributed by atoms with van der Waals surface area (Å²) >= 11 is 0. The lowest BCUT2D eigenvalue weighted by molar-refractivity contribution is 0.619. The molecule has 0 saturated carbocycles. The largest absolute Gasteiger partial charge is 0.371 e. The fourth-order valence-corrected chi connectivity index (χ4v) is 7.09. The van der Waals surface area contributed by atoms with Crippen molar-refractivity contribution in [2.75, 3.05) is 10.6 Å². The van der Waals surface area contributed by atoms with E-state index in [9.17, 15) is 0 Å². The summed E-state index contributed by atoms with van der Waals surface area (Å²) in [4.78, 5) is 0. The maximum absolute atomic E-state index is 4.13. The highest BCUT2D eigenvalue weighted by Crippen LogP contribution is 2.43. The van der Waals surface area contributed by atoms with Crippen LogP contribution in [0.15, 0.2) is 127 Å². The minimum atomic E-state index is -0.403. The third-order valence-electron chi connectivity index (χ3n) is 10.00. The second-order valence-electron chi connectivity index (χ2n) is 13.3. The van der Waals surface area contributed by atoms with Gasteiger partial charge in [0.2, 0.25) is 0 Å². The number of nitrogens with one attached hydrogen (secondary N) is 2. The summed E-state index contributed by atoms with van der Waals surface area (Å²) in [5, 5.41) is 7.82. The zero-order valence-corrected chi connectivity index (χ0v) is 29.4. The standard InChI is InChI=1S/C46H50N2/c1-6-9-16-35-21-23-40(24-22-35)42-19-10-11-20-43(42)46(48-45-34(5)15-13-18-37(45)8-3)31-29-39(30-32-46)38-25-27-41(28-26-38)47-44-33(4)14-12-17-36(44)7-2/h10-15,17-31,47-48H,6-9,16,32H2,1-5H3. The summed E-state index contributed by atoms with van der Waals surface area (Å²) in [5.41, 5.74) is 16.1. The van der Waals surface area contributed by atoms with Crippen LogP contribution in [-0.4, -0.2) is 0 Å². The van der Waals surface area contributed by atoms with Crippen molar-refractivity contribution in [1.82, 2.24) is 0 Å². The number of para-hydroxylation sites is 2. The third kappa shape index (κ3) is 7.04. The van der Waals surface area contributed by atoms with Crippen LogP contribution >= 0.6 is 0 Å². The topological polar surface area (TPSA) is 24.1 Å². The van der Waals surface area contributed by atoms with Gasteiger partial charge in [-0.15, -0.1) is 0 Å². The molecule has 2 nitrogen and oxygen atoms in total. The molecule has 0 amide bonds. The maximum Gasteiger partial charge on any atom is 0.0853 e. The molecule has 5 aromatic carbocycles. The first-order valence-electron chi connectivity index (χ1n) is 17.9. The van der Waals surface area contributed by atoms with Crippen molar-refractivity contribution >= 4 is 22.6 Å². The van der Waals surface area contributed by atoms with Gasteiger partial charge in [-0.3, -0.25) is 0 Å². The van der Waals surface area contributed by atoms with Crippen LogP contribution in [0.25, 0.3) is 16.7 Å². The number of benzene rings is 5. The van der Waals surface area contributed by atoms with E-state index in [4.69, 9.17) is 0 Å². The first kappa shape index (κ1) is 33.1. The number of anilines is 3. The Kier molecular flexibility index (Phi) is 10.3. The van der Waals surface area contributed by atoms with Crippen molar-refractivity contribution < 1.29 is 0 Å². The van der Waals surface area contributed by atoms with Crippen LogP contribution in [0, 0.1) is 13.8 Å². The highest BCUT2D eigenvalue weighted by atomic mass is 15.0. The smallest absolute Gasteiger partial charge is 0.0853 e. The predicted octanol–water partition coefficient (Wildman–Crippen LogP) is 12.5. The lowest BCUT2D eigenvalue weighted by Crippen LogP contribution is -2.35. The predicted molar refractivity (Wildman–Crippen MR) is 208 cm³/mol. The van der Waals surface area contributed by atoms with Crippen LogP contribution in [0.4, 0.5) is 17.1 Å². The van der Waals surface area contributed by atoms with E-state index in [1.807, 2.05) is 0 Å². The van der Waals surface area contributed by atoms with Crippen LogP contribution in [0.5, 0.6) is 0 Å². The molecule has 1 unspecified atom stereocenters. The zero-order chi connectivity index (χ0) is 33.5. The van der Waals surface area contributed by atoms with Crippen LogP contribution in [0.2, 0.25) is 0 Å². The number of allylic oxidation sites excluding steroid dienone is 2. The minimum Gasteiger partial charge on any atom is -0.371 e. The summed E-state index contributed by atoms with van der Waals surface area (Å²) in [5.74, 6) is 0. The number of hydrogen-bond acceptors (Lipinski definition) is 2. The lowest BCUT2D eigenvalue weighted by atomic mass is 9.77. The van der Waals surface area contributed by atoms with Gasteiger partial charge in [-0.05, 0) is 114 Å². The summed E-state index contributed by atoms with van der Waals surface area (Å²) in [6, 6.07) is 40.3. The second kappa shape index (κ2) is 14.9. The molecule has 1 aliphatic rings. The van der Waals surface area contributed by atoms with Gasteiger partial charge in [-0.1, -0.05) is 142 Å². The Balaban J connectivity index is 1.34. The van der Waals surface area contributed by atoms with Gasteiger partial charge in [-0.2, -0.15) is 0 Å². The van der Waals surface area contributed by atoms with Crippen molar-refractivity contribution in [2.24, 2.45) is 0 Å². The molecule has 0 radical (unpaired) electrons. The molecule has 0 aromatic heterocycles. The van der Waals surface area contributed by atoms with E-state index in [0.29, 0.717) is 0 Å². The van der Waals surface area contributed by atoms with Crippen LogP contribution < -0.4 is 10.6 Å². The van der Waals surface area contributed by atoms with Gasteiger partial charge in [0.15, 0.2) is 0 Å². The van der Waals surface area contributed by atoms with E-state index >= 15 is 0 Å². The Morgan fingerprint density at radius 2 is 1.29 bits per heavy atom. The van der Waals surface area contributed by atoms with E-state index in [1.54, 1.807) is 0 Å². The number of hydrogen-bond donors (Lipinski definition) is 2. The Labute approximate surface area is 288 Å². The fraction of sp³-hybridized carbons (Fsp3) is 0.261. The van der Waals surface area contributed by atoms with E-state index in [1.165, 1.54) is 79.9 Å². The molecule has 5 aromatic rings. The molecule has 0 heterocycles. The van der Waals surface area contributed by atoms with Gasteiger partial charge in [0, 0.05) is 17.1 Å². The maximum atomic E-state index is 4.13. The summed E-state index contributed by atoms with van der Waals surface area (Å²) in [7, 11) is 0. The highest BCUT2D eigenvalue weighted by molar-refractivity contribution is 5.80. The molecular formula is C46H50N2. The lowest BCUT2D eigenvalue weighted by Gasteiger charge is -2.38. The molecule has 1 atom stereocenters. The molecule has 0 bridgehead atoms. The summed E-state index contributed by atoms with van der Waals surface area (Å²) in [6.45, 7) is 11.1. The zero-order valence-electron chi connectivity index (χ0n) is 29.4. The van der Waals surface area contributed by atoms with Crippen molar-refractivity contribution in [3.8, 4) is 11.1 Å². The molecule has 0 saturated heterocycles. The molecule has 0 fully saturated rings. The molecule has 6 rings (SSSR count). The molecule has 0 spiro atoms. The van der Waals surface area contributed by atoms with Crippen molar-refractivity contribution in [1.29, 1.82) is 0 Å². The highest BCUT2D eigenvalue weighted by Gasteiger charge is 2.34. The molecule has 48 heavy (non-hydrogen) atoms. The van der Waals surface area contributed by atoms with E-state index in [2.05, 4.69) is 173 Å². The molecule has 0 aliphatic heterocycles. The monoisotopic (exact) mass is 630 g/mol. The molecular weight excluding hydrogens is 581 g/mol. The Morgan fingerprint density at radius 1 is 0.646 bits per heavy atom. The van der Waals surface area contributed by atoms with E-state index < -0.39 is 5.54 Å². The Hall–Kier alpha value is -4.82. The second-order valence-corrected chi connectivity index (χ2v) is 13.3. The Bertz CT molecular complexity index is 1910. The van der Waals surface area contributed by atoms with Gasteiger partial charge in [-0.25, -0.2) is 0 Å². The van der Waals surface area contributed by atoms with Crippen molar-refractivity contribution in [3.05, 3.63) is 166 Å².